The molecule has 0 aliphatic carbocycles. The van der Waals surface area contributed by atoms with E-state index >= 15 is 0 Å². The first-order valence-electron chi connectivity index (χ1n) is 6.47. The van der Waals surface area contributed by atoms with Gasteiger partial charge in [-0.3, -0.25) is 9.59 Å². The van der Waals surface area contributed by atoms with E-state index in [1.165, 1.54) is 0 Å². The Hall–Kier alpha value is -1.55. The van der Waals surface area contributed by atoms with Crippen LogP contribution < -0.4 is 5.32 Å². The van der Waals surface area contributed by atoms with E-state index < -0.39 is 11.5 Å². The molecule has 0 saturated heterocycles. The zero-order valence-electron chi connectivity index (χ0n) is 12.2. The number of amides is 1. The third-order valence-electron chi connectivity index (χ3n) is 3.70. The van der Waals surface area contributed by atoms with Crippen LogP contribution in [-0.4, -0.2) is 22.5 Å². The van der Waals surface area contributed by atoms with Crippen LogP contribution in [0.2, 0.25) is 5.02 Å². The molecule has 2 N–H and O–H groups in total. The van der Waals surface area contributed by atoms with E-state index in [9.17, 15) is 9.59 Å². The van der Waals surface area contributed by atoms with E-state index in [0.29, 0.717) is 16.1 Å². The molecular weight excluding hydrogens is 278 g/mol. The van der Waals surface area contributed by atoms with Crippen LogP contribution >= 0.6 is 11.6 Å². The van der Waals surface area contributed by atoms with Gasteiger partial charge in [-0.25, -0.2) is 0 Å². The molecule has 0 aliphatic rings. The van der Waals surface area contributed by atoms with Gasteiger partial charge in [0.15, 0.2) is 0 Å². The summed E-state index contributed by atoms with van der Waals surface area (Å²) in [5.41, 5.74) is 0.348. The fourth-order valence-corrected chi connectivity index (χ4v) is 2.06. The Bertz CT molecular complexity index is 528. The number of carboxylic acids is 1. The Morgan fingerprint density at radius 1 is 1.40 bits per heavy atom. The summed E-state index contributed by atoms with van der Waals surface area (Å²) in [4.78, 5) is 23.3. The second kappa shape index (κ2) is 6.27. The number of carbonyl (C=O) groups excluding carboxylic acids is 1. The number of rotatable bonds is 5. The summed E-state index contributed by atoms with van der Waals surface area (Å²) in [5, 5.41) is 12.4. The third kappa shape index (κ3) is 3.73. The number of nitrogens with one attached hydrogen (secondary N) is 1. The minimum absolute atomic E-state index is 0.0120. The van der Waals surface area contributed by atoms with E-state index in [2.05, 4.69) is 5.32 Å². The largest absolute Gasteiger partial charge is 0.481 e. The highest BCUT2D eigenvalue weighted by molar-refractivity contribution is 6.31. The highest BCUT2D eigenvalue weighted by atomic mass is 35.5. The molecule has 0 radical (unpaired) electrons. The summed E-state index contributed by atoms with van der Waals surface area (Å²) in [6.45, 7) is 7.27. The van der Waals surface area contributed by atoms with Crippen molar-refractivity contribution in [3.63, 3.8) is 0 Å². The van der Waals surface area contributed by atoms with E-state index in [1.54, 1.807) is 32.0 Å². The Morgan fingerprint density at radius 3 is 2.50 bits per heavy atom. The molecule has 0 heterocycles. The summed E-state index contributed by atoms with van der Waals surface area (Å²) in [5.74, 6) is -1.26. The number of carbonyl (C=O) groups is 2. The third-order valence-corrected chi connectivity index (χ3v) is 4.11. The van der Waals surface area contributed by atoms with Gasteiger partial charge in [-0.05, 0) is 37.5 Å². The van der Waals surface area contributed by atoms with Gasteiger partial charge in [0.25, 0.3) is 5.91 Å². The molecule has 1 rings (SSSR count). The summed E-state index contributed by atoms with van der Waals surface area (Å²) in [6, 6.07) is 5.10. The Labute approximate surface area is 124 Å². The molecule has 1 aromatic carbocycles. The van der Waals surface area contributed by atoms with Gasteiger partial charge in [0.05, 0.1) is 12.0 Å². The van der Waals surface area contributed by atoms with Gasteiger partial charge in [0, 0.05) is 10.6 Å². The predicted molar refractivity (Wildman–Crippen MR) is 79.2 cm³/mol. The van der Waals surface area contributed by atoms with Gasteiger partial charge in [0.2, 0.25) is 0 Å². The van der Waals surface area contributed by atoms with Crippen molar-refractivity contribution in [3.05, 3.63) is 34.3 Å². The molecule has 110 valence electrons. The second-order valence-corrected chi connectivity index (χ2v) is 5.92. The Kier molecular flexibility index (Phi) is 5.17. The highest BCUT2D eigenvalue weighted by Crippen LogP contribution is 2.23. The molecule has 4 nitrogen and oxygen atoms in total. The maximum absolute atomic E-state index is 12.4. The highest BCUT2D eigenvalue weighted by Gasteiger charge is 2.33. The monoisotopic (exact) mass is 297 g/mol. The molecule has 5 heteroatoms. The average molecular weight is 298 g/mol. The standard InChI is InChI=1S/C15H20ClNO3/c1-9(2)15(4,8-13(18)19)17-14(20)11-6-5-7-12(16)10(11)3/h5-7,9H,8H2,1-4H3,(H,17,20)(H,18,19). The first-order chi connectivity index (χ1) is 9.17. The lowest BCUT2D eigenvalue weighted by Crippen LogP contribution is -2.51. The topological polar surface area (TPSA) is 66.4 Å². The van der Waals surface area contributed by atoms with Gasteiger partial charge < -0.3 is 10.4 Å². The predicted octanol–water partition coefficient (Wildman–Crippen LogP) is 3.27. The normalized spacial score (nSPS) is 13.9. The SMILES string of the molecule is Cc1c(Cl)cccc1C(=O)NC(C)(CC(=O)O)C(C)C. The van der Waals surface area contributed by atoms with Crippen molar-refractivity contribution in [2.24, 2.45) is 5.92 Å². The van der Waals surface area contributed by atoms with E-state index in [1.807, 2.05) is 13.8 Å². The molecule has 0 aliphatic heterocycles. The number of hydrogen-bond acceptors (Lipinski definition) is 2. The Balaban J connectivity index is 3.03. The number of aliphatic carboxylic acids is 1. The lowest BCUT2D eigenvalue weighted by Gasteiger charge is -2.33. The average Bonchev–Trinajstić information content (AvgIpc) is 2.31. The van der Waals surface area contributed by atoms with Crippen LogP contribution in [0.5, 0.6) is 0 Å². The molecule has 0 spiro atoms. The number of halogens is 1. The van der Waals surface area contributed by atoms with Crippen LogP contribution in [0.25, 0.3) is 0 Å². The lowest BCUT2D eigenvalue weighted by atomic mass is 9.85. The minimum atomic E-state index is -0.940. The van der Waals surface area contributed by atoms with Gasteiger partial charge in [0.1, 0.15) is 0 Å². The van der Waals surface area contributed by atoms with Crippen molar-refractivity contribution < 1.29 is 14.7 Å². The van der Waals surface area contributed by atoms with Crippen LogP contribution in [0.4, 0.5) is 0 Å². The van der Waals surface area contributed by atoms with Crippen molar-refractivity contribution in [1.29, 1.82) is 0 Å². The van der Waals surface area contributed by atoms with E-state index in [-0.39, 0.29) is 18.2 Å². The fourth-order valence-electron chi connectivity index (χ4n) is 1.89. The van der Waals surface area contributed by atoms with Gasteiger partial charge in [-0.2, -0.15) is 0 Å². The van der Waals surface area contributed by atoms with Crippen molar-refractivity contribution in [2.75, 3.05) is 0 Å². The van der Waals surface area contributed by atoms with Gasteiger partial charge in [-0.15, -0.1) is 0 Å². The summed E-state index contributed by atoms with van der Waals surface area (Å²) in [6.07, 6.45) is -0.129. The molecule has 20 heavy (non-hydrogen) atoms. The summed E-state index contributed by atoms with van der Waals surface area (Å²) >= 11 is 6.00. The number of carboxylic acid groups (broad SMARTS) is 1. The first kappa shape index (κ1) is 16.5. The molecule has 1 atom stereocenters. The maximum Gasteiger partial charge on any atom is 0.305 e. The van der Waals surface area contributed by atoms with Crippen LogP contribution in [0.15, 0.2) is 18.2 Å². The quantitative estimate of drug-likeness (QED) is 0.876. The van der Waals surface area contributed by atoms with Gasteiger partial charge >= 0.3 is 5.97 Å². The summed E-state index contributed by atoms with van der Waals surface area (Å²) < 4.78 is 0. The van der Waals surface area contributed by atoms with E-state index in [0.717, 1.165) is 0 Å². The number of hydrogen-bond donors (Lipinski definition) is 2. The van der Waals surface area contributed by atoms with Crippen LogP contribution in [-0.2, 0) is 4.79 Å². The molecule has 1 amide bonds. The molecule has 1 unspecified atom stereocenters. The molecule has 1 aromatic rings. The molecule has 0 saturated carbocycles. The van der Waals surface area contributed by atoms with Crippen LogP contribution in [0, 0.1) is 12.8 Å². The summed E-state index contributed by atoms with van der Waals surface area (Å²) in [7, 11) is 0. The molecule has 0 fully saturated rings. The fraction of sp³-hybridized carbons (Fsp3) is 0.467. The van der Waals surface area contributed by atoms with Crippen LogP contribution in [0.1, 0.15) is 43.1 Å². The van der Waals surface area contributed by atoms with Crippen molar-refractivity contribution in [1.82, 2.24) is 5.32 Å². The number of benzene rings is 1. The van der Waals surface area contributed by atoms with Crippen molar-refractivity contribution in [2.45, 2.75) is 39.7 Å². The maximum atomic E-state index is 12.4. The molecular formula is C15H20ClNO3. The smallest absolute Gasteiger partial charge is 0.305 e. The zero-order valence-corrected chi connectivity index (χ0v) is 12.9. The molecule has 0 aromatic heterocycles. The zero-order chi connectivity index (χ0) is 15.5. The van der Waals surface area contributed by atoms with Crippen molar-refractivity contribution >= 4 is 23.5 Å². The lowest BCUT2D eigenvalue weighted by molar-refractivity contribution is -0.138. The van der Waals surface area contributed by atoms with Gasteiger partial charge in [-0.1, -0.05) is 31.5 Å². The molecule has 0 bridgehead atoms. The first-order valence-corrected chi connectivity index (χ1v) is 6.84. The Morgan fingerprint density at radius 2 is 2.00 bits per heavy atom. The second-order valence-electron chi connectivity index (χ2n) is 5.51. The van der Waals surface area contributed by atoms with Crippen LogP contribution in [0.3, 0.4) is 0 Å². The van der Waals surface area contributed by atoms with E-state index in [4.69, 9.17) is 16.7 Å². The van der Waals surface area contributed by atoms with Crippen molar-refractivity contribution in [3.8, 4) is 0 Å². The minimum Gasteiger partial charge on any atom is -0.481 e.